The number of fused-ring (bicyclic) bond motifs is 2. The van der Waals surface area contributed by atoms with Crippen LogP contribution < -0.4 is 41.4 Å². The first-order valence-electron chi connectivity index (χ1n) is 29.8. The molecule has 3 fully saturated rings. The number of halogens is 7. The molecule has 0 bridgehead atoms. The molecule has 7 heterocycles. The lowest BCUT2D eigenvalue weighted by atomic mass is 9.95. The van der Waals surface area contributed by atoms with Crippen LogP contribution >= 0.6 is 34.8 Å². The molecule has 3 unspecified atom stereocenters. The van der Waals surface area contributed by atoms with Gasteiger partial charge in [0, 0.05) is 45.7 Å². The van der Waals surface area contributed by atoms with Crippen LogP contribution in [0.1, 0.15) is 109 Å². The number of amides is 1. The molecule has 1 amide bonds. The first kappa shape index (κ1) is 68.2. The van der Waals surface area contributed by atoms with Crippen molar-refractivity contribution in [2.75, 3.05) is 65.4 Å². The Hall–Kier alpha value is -9.16. The summed E-state index contributed by atoms with van der Waals surface area (Å²) in [5, 5.41) is 30.3. The third kappa shape index (κ3) is 14.6. The zero-order valence-corrected chi connectivity index (χ0v) is 53.4. The number of rotatable bonds is 14. The summed E-state index contributed by atoms with van der Waals surface area (Å²) in [5.74, 6) is 2.39. The third-order valence-electron chi connectivity index (χ3n) is 14.9. The highest BCUT2D eigenvalue weighted by Crippen LogP contribution is 2.45. The topological polar surface area (TPSA) is 277 Å². The molecule has 22 nitrogen and oxygen atoms in total. The summed E-state index contributed by atoms with van der Waals surface area (Å²) in [6.45, 7) is 20.7. The van der Waals surface area contributed by atoms with Crippen LogP contribution in [0.4, 0.5) is 49.1 Å². The van der Waals surface area contributed by atoms with E-state index in [-0.39, 0.29) is 54.9 Å². The van der Waals surface area contributed by atoms with E-state index in [0.717, 1.165) is 59.9 Å². The standard InChI is InChI=1S/C31H28F3N7O4S.C22H26N6O3.C8H5F3N2.CH3I.CH4/c1-4-6-24-36-17(3)25-27(42)37-26(38-41(24)25)21-13-20(9-10-23(21)45-5-2)40-29(46)39(28(43)30(40)11-12-44-16-30)19-8-7-18(15-35)22(14-19)31(32,33)34;1-5-7-18-24-14(3)19-21(29)25-20(27-28(18)19)16-12-15(8-9-17(16)31-6-2)26-22(23-4)10-11-30-13-22;9-8(10,11)7-3-6(13)2-1-5(7)4-12;1-2;/h7-10,13-14H,4-6,11-12,16H2,1-3H3,(H,37,38,42);8-9,12,26H,5-7,10-11,13H2,1-3H3,(H,25,27,29);1-3H,13H2;1H3;1H4/i;;;1TD;. The summed E-state index contributed by atoms with van der Waals surface area (Å²) in [4.78, 5) is 60.7. The number of nitrogens with one attached hydrogen (secondary N) is 3. The fourth-order valence-electron chi connectivity index (χ4n) is 10.8. The van der Waals surface area contributed by atoms with Crippen molar-refractivity contribution in [1.82, 2.24) is 39.2 Å². The zero-order chi connectivity index (χ0) is 68.6. The van der Waals surface area contributed by atoms with Gasteiger partial charge in [-0.15, -0.1) is 10.2 Å². The van der Waals surface area contributed by atoms with Crippen molar-refractivity contribution in [3.8, 4) is 46.4 Å². The molecule has 8 aromatic rings. The number of aromatic amines is 2. The molecule has 11 rings (SSSR count). The minimum Gasteiger partial charge on any atom is -0.493 e. The average Bonchev–Trinajstić information content (AvgIpc) is 1.57. The average molecular weight is 1420 g/mol. The first-order chi connectivity index (χ1) is 44.6. The highest BCUT2D eigenvalue weighted by Gasteiger charge is 2.59. The Labute approximate surface area is 552 Å². The predicted molar refractivity (Wildman–Crippen MR) is 350 cm³/mol. The van der Waals surface area contributed by atoms with Crippen molar-refractivity contribution >= 4 is 79.6 Å². The van der Waals surface area contributed by atoms with E-state index in [2.05, 4.69) is 37.0 Å². The molecule has 93 heavy (non-hydrogen) atoms. The number of alkyl halides is 7. The fourth-order valence-corrected chi connectivity index (χ4v) is 11.2. The normalized spacial score (nSPS) is 17.4. The molecule has 3 atom stereocenters. The Balaban J connectivity index is 0.000000223. The van der Waals surface area contributed by atoms with E-state index in [9.17, 15) is 46.0 Å². The number of nitrogens with two attached hydrogens (primary N) is 1. The van der Waals surface area contributed by atoms with E-state index in [0.29, 0.717) is 102 Å². The van der Waals surface area contributed by atoms with Crippen LogP contribution in [0.3, 0.4) is 0 Å². The summed E-state index contributed by atoms with van der Waals surface area (Å²) < 4.78 is 117. The van der Waals surface area contributed by atoms with E-state index in [1.54, 1.807) is 70.1 Å². The maximum absolute atomic E-state index is 14.1. The van der Waals surface area contributed by atoms with Gasteiger partial charge in [0.15, 0.2) is 33.3 Å². The number of nitriles is 2. The van der Waals surface area contributed by atoms with Gasteiger partial charge in [0.25, 0.3) is 17.0 Å². The van der Waals surface area contributed by atoms with Gasteiger partial charge in [0.2, 0.25) is 0 Å². The molecule has 3 aliphatic heterocycles. The van der Waals surface area contributed by atoms with Crippen molar-refractivity contribution in [2.45, 2.75) is 111 Å². The molecule has 1 spiro atoms. The number of thiocarbonyl (C=S) groups is 1. The van der Waals surface area contributed by atoms with E-state index in [1.807, 2.05) is 39.0 Å². The largest absolute Gasteiger partial charge is 0.493 e. The minimum absolute atomic E-state index is 0. The summed E-state index contributed by atoms with van der Waals surface area (Å²) >= 11 is 7.48. The number of ether oxygens (including phenoxy) is 4. The van der Waals surface area contributed by atoms with Crippen LogP contribution in [0.5, 0.6) is 11.5 Å². The lowest BCUT2D eigenvalue weighted by Gasteiger charge is -2.31. The molecule has 4 aromatic carbocycles. The Morgan fingerprint density at radius 1 is 0.785 bits per heavy atom. The molecule has 4 aromatic heterocycles. The maximum atomic E-state index is 14.1. The van der Waals surface area contributed by atoms with Gasteiger partial charge in [0.1, 0.15) is 29.8 Å². The van der Waals surface area contributed by atoms with Crippen LogP contribution in [0.25, 0.3) is 38.7 Å². The number of anilines is 4. The zero-order valence-electron chi connectivity index (χ0n) is 52.4. The van der Waals surface area contributed by atoms with Gasteiger partial charge >= 0.3 is 18.0 Å². The number of hydrogen-bond acceptors (Lipinski definition) is 16. The van der Waals surface area contributed by atoms with E-state index in [1.165, 1.54) is 22.7 Å². The van der Waals surface area contributed by atoms with Crippen molar-refractivity contribution in [3.63, 3.8) is 0 Å². The second-order valence-corrected chi connectivity index (χ2v) is 21.4. The van der Waals surface area contributed by atoms with Crippen molar-refractivity contribution in [2.24, 2.45) is 0 Å². The van der Waals surface area contributed by atoms with Gasteiger partial charge in [-0.3, -0.25) is 24.1 Å². The molecular weight excluding hydrogens is 1350 g/mol. The van der Waals surface area contributed by atoms with Crippen LogP contribution in [0, 0.1) is 43.1 Å². The Bertz CT molecular complexity index is 4410. The lowest BCUT2D eigenvalue weighted by molar-refractivity contribution is -0.138. The highest BCUT2D eigenvalue weighted by molar-refractivity contribution is 14.1. The number of nitrogen functional groups attached to an aromatic ring is 1. The lowest BCUT2D eigenvalue weighted by Crippen LogP contribution is -2.50. The van der Waals surface area contributed by atoms with E-state index >= 15 is 0 Å². The van der Waals surface area contributed by atoms with Gasteiger partial charge in [-0.1, -0.05) is 43.9 Å². The predicted octanol–water partition coefficient (Wildman–Crippen LogP) is 12.0. The summed E-state index contributed by atoms with van der Waals surface area (Å²) in [7, 11) is 0. The van der Waals surface area contributed by atoms with Gasteiger partial charge in [0.05, 0.1) is 95.4 Å². The van der Waals surface area contributed by atoms with E-state index < -0.39 is 62.2 Å². The van der Waals surface area contributed by atoms with Crippen LogP contribution in [0.2, 0.25) is 0 Å². The fraction of sp³-hybridized carbons (Fsp3) is 0.381. The Kier molecular flexibility index (Phi) is 21.7. The van der Waals surface area contributed by atoms with Crippen molar-refractivity contribution in [3.05, 3.63) is 150 Å². The molecule has 30 heteroatoms. The minimum atomic E-state index is -4.83. The van der Waals surface area contributed by atoms with Crippen LogP contribution in [-0.4, -0.2) is 106 Å². The number of carbonyl (C=O) groups excluding carboxylic acids is 1. The van der Waals surface area contributed by atoms with Crippen LogP contribution in [0.15, 0.2) is 82.4 Å². The van der Waals surface area contributed by atoms with Gasteiger partial charge in [-0.2, -0.15) is 36.9 Å². The molecule has 0 saturated carbocycles. The number of nitrogens with zero attached hydrogens (tertiary/aromatic N) is 11. The maximum Gasteiger partial charge on any atom is 0.417 e. The quantitative estimate of drug-likeness (QED) is 0.0197. The van der Waals surface area contributed by atoms with Crippen molar-refractivity contribution < 1.29 is 52.8 Å². The summed E-state index contributed by atoms with van der Waals surface area (Å²) in [6.07, 6.45) is -5.55. The van der Waals surface area contributed by atoms with E-state index in [4.69, 9.17) is 61.7 Å². The summed E-state index contributed by atoms with van der Waals surface area (Å²) in [5.41, 5.74) is 3.25. The smallest absolute Gasteiger partial charge is 0.417 e. The molecule has 0 radical (unpaired) electrons. The first-order valence-corrected chi connectivity index (χ1v) is 30.3. The molecule has 0 aliphatic carbocycles. The Morgan fingerprint density at radius 2 is 1.28 bits per heavy atom. The number of imidazole rings is 2. The summed E-state index contributed by atoms with van der Waals surface area (Å²) in [6, 6.07) is 19.6. The number of benzene rings is 4. The Morgan fingerprint density at radius 3 is 1.75 bits per heavy atom. The molecular formula is C63H66F6IN15O7S. The second kappa shape index (κ2) is 29.6. The number of hydrogen-bond donors (Lipinski definition) is 4. The van der Waals surface area contributed by atoms with Gasteiger partial charge in [-0.25, -0.2) is 25.6 Å². The number of H-pyrrole nitrogens is 2. The number of aromatic nitrogens is 8. The monoisotopic (exact) mass is 1420 g/mol. The SMILES string of the molecule is C.CCCc1nc(C)c2c(=O)[nH]c(-c3cc(N4C(=S)N(c5ccc(C#N)c(C(F)(F)F)c5)C(=O)C45CCOC5)ccc3OCC)nn12.N#Cc1ccc(N)cc1C(F)(F)F.[2H]C([3H])I.[C-]#[N+]C1(Nc2ccc(OCC)c(-c3nn4c(CCC)nc(C)c4c(=O)[nH]3)c2)CCOC1. The number of aryl methyl sites for hydroxylation is 4. The second-order valence-electron chi connectivity index (χ2n) is 21.0. The highest BCUT2D eigenvalue weighted by atomic mass is 127. The number of carbonyl (C=O) groups is 1. The van der Waals surface area contributed by atoms with Gasteiger partial charge in [-0.05, 0) is 130 Å². The molecule has 3 aliphatic rings. The molecule has 3 saturated heterocycles. The molecule has 5 N–H and O–H groups in total. The van der Waals surface area contributed by atoms with Crippen LogP contribution in [-0.2, 0) is 39.5 Å². The third-order valence-corrected chi connectivity index (χ3v) is 15.3. The molecule has 490 valence electrons. The van der Waals surface area contributed by atoms with Gasteiger partial charge < -0.3 is 44.9 Å². The van der Waals surface area contributed by atoms with Crippen molar-refractivity contribution in [1.29, 1.82) is 10.5 Å².